The van der Waals surface area contributed by atoms with Gasteiger partial charge in [-0.05, 0) is 67.3 Å². The summed E-state index contributed by atoms with van der Waals surface area (Å²) in [6, 6.07) is 14.1. The van der Waals surface area contributed by atoms with Gasteiger partial charge in [-0.1, -0.05) is 44.2 Å². The number of benzene rings is 2. The van der Waals surface area contributed by atoms with Crippen molar-refractivity contribution in [2.24, 2.45) is 0 Å². The third kappa shape index (κ3) is 4.67. The third-order valence-corrected chi connectivity index (χ3v) is 5.50. The first-order valence-electron chi connectivity index (χ1n) is 10.4. The van der Waals surface area contributed by atoms with Crippen molar-refractivity contribution in [2.75, 3.05) is 7.11 Å². The Bertz CT molecular complexity index is 802. The monoisotopic (exact) mass is 381 g/mol. The molecule has 2 atom stereocenters. The number of carbonyl (C=O) groups excluding carboxylic acids is 1. The lowest BCUT2D eigenvalue weighted by molar-refractivity contribution is -0.129. The van der Waals surface area contributed by atoms with Crippen LogP contribution in [0.1, 0.15) is 62.3 Å². The molecule has 0 bridgehead atoms. The van der Waals surface area contributed by atoms with Gasteiger partial charge in [0.1, 0.15) is 0 Å². The predicted octanol–water partition coefficient (Wildman–Crippen LogP) is 5.00. The summed E-state index contributed by atoms with van der Waals surface area (Å²) in [5.41, 5.74) is 4.08. The Hall–Kier alpha value is -2.49. The van der Waals surface area contributed by atoms with E-state index in [1.165, 1.54) is 36.0 Å². The second kappa shape index (κ2) is 9.63. The smallest absolute Gasteiger partial charge is 0.261 e. The number of ether oxygens (including phenoxy) is 2. The number of carbonyl (C=O) groups is 1. The van der Waals surface area contributed by atoms with Gasteiger partial charge in [0.2, 0.25) is 0 Å². The van der Waals surface area contributed by atoms with E-state index < -0.39 is 6.10 Å². The molecule has 0 spiro atoms. The van der Waals surface area contributed by atoms with Crippen LogP contribution in [-0.2, 0) is 17.6 Å². The topological polar surface area (TPSA) is 47.6 Å². The maximum absolute atomic E-state index is 12.9. The molecular formula is C24H31NO3. The molecule has 0 saturated carbocycles. The number of nitrogens with one attached hydrogen (secondary N) is 1. The summed E-state index contributed by atoms with van der Waals surface area (Å²) >= 11 is 0. The fourth-order valence-corrected chi connectivity index (χ4v) is 3.85. The molecule has 4 nitrogen and oxygen atoms in total. The van der Waals surface area contributed by atoms with Gasteiger partial charge in [0.15, 0.2) is 17.6 Å². The maximum atomic E-state index is 12.9. The van der Waals surface area contributed by atoms with Crippen molar-refractivity contribution in [2.45, 2.75) is 64.5 Å². The highest BCUT2D eigenvalue weighted by molar-refractivity contribution is 5.81. The lowest BCUT2D eigenvalue weighted by Crippen LogP contribution is -2.40. The quantitative estimate of drug-likeness (QED) is 0.700. The molecule has 28 heavy (non-hydrogen) atoms. The molecule has 1 aliphatic carbocycles. The molecule has 4 heteroatoms. The number of para-hydroxylation sites is 2. The second-order valence-corrected chi connectivity index (χ2v) is 7.37. The van der Waals surface area contributed by atoms with E-state index in [1.807, 2.05) is 31.2 Å². The van der Waals surface area contributed by atoms with Crippen LogP contribution in [0.25, 0.3) is 0 Å². The van der Waals surface area contributed by atoms with Gasteiger partial charge in [-0.15, -0.1) is 0 Å². The Labute approximate surface area is 168 Å². The number of hydrogen-bond acceptors (Lipinski definition) is 3. The van der Waals surface area contributed by atoms with Crippen LogP contribution in [0, 0.1) is 0 Å². The molecule has 0 unspecified atom stereocenters. The molecule has 0 aromatic heterocycles. The highest BCUT2D eigenvalue weighted by Crippen LogP contribution is 2.29. The van der Waals surface area contributed by atoms with Crippen molar-refractivity contribution in [3.05, 3.63) is 59.2 Å². The average molecular weight is 382 g/mol. The molecule has 1 amide bonds. The summed E-state index contributed by atoms with van der Waals surface area (Å²) in [4.78, 5) is 12.9. The summed E-state index contributed by atoms with van der Waals surface area (Å²) in [6.07, 6.45) is 5.72. The first-order valence-corrected chi connectivity index (χ1v) is 10.4. The zero-order valence-corrected chi connectivity index (χ0v) is 17.2. The Morgan fingerprint density at radius 2 is 1.71 bits per heavy atom. The fourth-order valence-electron chi connectivity index (χ4n) is 3.85. The SMILES string of the molecule is CC[C@H](NC(=O)[C@@H](CC)Oc1ccccc1OC)c1ccc2c(c1)CCCC2. The lowest BCUT2D eigenvalue weighted by Gasteiger charge is -2.24. The van der Waals surface area contributed by atoms with E-state index in [2.05, 4.69) is 30.4 Å². The van der Waals surface area contributed by atoms with E-state index in [1.54, 1.807) is 7.11 Å². The van der Waals surface area contributed by atoms with Crippen LogP contribution in [0.5, 0.6) is 11.5 Å². The van der Waals surface area contributed by atoms with Gasteiger partial charge in [-0.25, -0.2) is 0 Å². The summed E-state index contributed by atoms with van der Waals surface area (Å²) < 4.78 is 11.3. The number of aryl methyl sites for hydroxylation is 2. The van der Waals surface area contributed by atoms with Crippen LogP contribution >= 0.6 is 0 Å². The number of fused-ring (bicyclic) bond motifs is 1. The summed E-state index contributed by atoms with van der Waals surface area (Å²) in [7, 11) is 1.60. The highest BCUT2D eigenvalue weighted by atomic mass is 16.5. The Balaban J connectivity index is 1.71. The van der Waals surface area contributed by atoms with E-state index >= 15 is 0 Å². The normalized spacial score (nSPS) is 15.2. The van der Waals surface area contributed by atoms with Crippen molar-refractivity contribution in [1.29, 1.82) is 0 Å². The van der Waals surface area contributed by atoms with Crippen LogP contribution in [0.15, 0.2) is 42.5 Å². The van der Waals surface area contributed by atoms with Gasteiger partial charge in [0, 0.05) is 0 Å². The predicted molar refractivity (Wildman–Crippen MR) is 112 cm³/mol. The molecule has 3 rings (SSSR count). The molecule has 150 valence electrons. The fraction of sp³-hybridized carbons (Fsp3) is 0.458. The zero-order valence-electron chi connectivity index (χ0n) is 17.2. The molecule has 1 aliphatic rings. The first kappa shape index (κ1) is 20.2. The molecule has 0 radical (unpaired) electrons. The summed E-state index contributed by atoms with van der Waals surface area (Å²) in [5.74, 6) is 1.14. The van der Waals surface area contributed by atoms with Crippen molar-refractivity contribution in [1.82, 2.24) is 5.32 Å². The molecule has 0 fully saturated rings. The Morgan fingerprint density at radius 3 is 2.39 bits per heavy atom. The van der Waals surface area contributed by atoms with Crippen LogP contribution in [-0.4, -0.2) is 19.1 Å². The zero-order chi connectivity index (χ0) is 19.9. The van der Waals surface area contributed by atoms with Gasteiger partial charge in [-0.2, -0.15) is 0 Å². The van der Waals surface area contributed by atoms with Gasteiger partial charge in [0.05, 0.1) is 13.2 Å². The summed E-state index contributed by atoms with van der Waals surface area (Å²) in [5, 5.41) is 3.19. The minimum atomic E-state index is -0.553. The number of rotatable bonds is 8. The Kier molecular flexibility index (Phi) is 6.96. The lowest BCUT2D eigenvalue weighted by atomic mass is 9.88. The largest absolute Gasteiger partial charge is 0.493 e. The minimum absolute atomic E-state index is 0.00459. The minimum Gasteiger partial charge on any atom is -0.493 e. The number of methoxy groups -OCH3 is 1. The molecule has 0 saturated heterocycles. The molecule has 2 aromatic rings. The van der Waals surface area contributed by atoms with E-state index in [0.29, 0.717) is 17.9 Å². The number of amides is 1. The molecule has 0 heterocycles. The molecule has 2 aromatic carbocycles. The summed E-state index contributed by atoms with van der Waals surface area (Å²) in [6.45, 7) is 4.06. The highest BCUT2D eigenvalue weighted by Gasteiger charge is 2.23. The average Bonchev–Trinajstić information content (AvgIpc) is 2.75. The molecule has 1 N–H and O–H groups in total. The Morgan fingerprint density at radius 1 is 1.00 bits per heavy atom. The molecule has 0 aliphatic heterocycles. The van der Waals surface area contributed by atoms with Gasteiger partial charge < -0.3 is 14.8 Å². The first-order chi connectivity index (χ1) is 13.7. The van der Waals surface area contributed by atoms with Crippen molar-refractivity contribution in [3.63, 3.8) is 0 Å². The van der Waals surface area contributed by atoms with Crippen molar-refractivity contribution in [3.8, 4) is 11.5 Å². The van der Waals surface area contributed by atoms with E-state index in [0.717, 1.165) is 12.8 Å². The van der Waals surface area contributed by atoms with Gasteiger partial charge in [-0.3, -0.25) is 4.79 Å². The van der Waals surface area contributed by atoms with Crippen LogP contribution in [0.3, 0.4) is 0 Å². The second-order valence-electron chi connectivity index (χ2n) is 7.37. The standard InChI is InChI=1S/C24H31NO3/c1-4-20(19-15-14-17-10-6-7-11-18(17)16-19)25-24(26)21(5-2)28-23-13-9-8-12-22(23)27-3/h8-9,12-16,20-21H,4-7,10-11H2,1-3H3,(H,25,26)/t20-,21+/m0/s1. The van der Waals surface area contributed by atoms with E-state index in [-0.39, 0.29) is 11.9 Å². The van der Waals surface area contributed by atoms with E-state index in [9.17, 15) is 4.79 Å². The van der Waals surface area contributed by atoms with Crippen molar-refractivity contribution < 1.29 is 14.3 Å². The van der Waals surface area contributed by atoms with Crippen molar-refractivity contribution >= 4 is 5.91 Å². The van der Waals surface area contributed by atoms with Crippen LogP contribution in [0.2, 0.25) is 0 Å². The van der Waals surface area contributed by atoms with Crippen LogP contribution in [0.4, 0.5) is 0 Å². The van der Waals surface area contributed by atoms with Crippen LogP contribution < -0.4 is 14.8 Å². The van der Waals surface area contributed by atoms with E-state index in [4.69, 9.17) is 9.47 Å². The maximum Gasteiger partial charge on any atom is 0.261 e. The molecular weight excluding hydrogens is 350 g/mol. The number of hydrogen-bond donors (Lipinski definition) is 1. The van der Waals surface area contributed by atoms with Gasteiger partial charge in [0.25, 0.3) is 5.91 Å². The third-order valence-electron chi connectivity index (χ3n) is 5.50. The van der Waals surface area contributed by atoms with Gasteiger partial charge >= 0.3 is 0 Å².